The SMILES string of the molecule is CC1CCCN(c2ccc(C(C)NC(=O)C(C)Oc3ccccc3)cc2)C1. The minimum atomic E-state index is -0.538. The topological polar surface area (TPSA) is 41.6 Å². The zero-order chi connectivity index (χ0) is 19.2. The Balaban J connectivity index is 1.55. The Hall–Kier alpha value is -2.49. The standard InChI is InChI=1S/C23H30N2O2/c1-17-8-7-15-25(16-17)21-13-11-20(12-14-21)18(2)24-23(26)19(3)27-22-9-5-4-6-10-22/h4-6,9-14,17-19H,7-8,15-16H2,1-3H3,(H,24,26). The van der Waals surface area contributed by atoms with Crippen LogP contribution in [0, 0.1) is 5.92 Å². The number of hydrogen-bond acceptors (Lipinski definition) is 3. The van der Waals surface area contributed by atoms with E-state index in [2.05, 4.69) is 41.4 Å². The lowest BCUT2D eigenvalue weighted by atomic mass is 9.99. The van der Waals surface area contributed by atoms with Crippen LogP contribution in [0.15, 0.2) is 54.6 Å². The quantitative estimate of drug-likeness (QED) is 0.814. The maximum atomic E-state index is 12.4. The van der Waals surface area contributed by atoms with Gasteiger partial charge in [-0.2, -0.15) is 0 Å². The van der Waals surface area contributed by atoms with Crippen LogP contribution in [-0.4, -0.2) is 25.1 Å². The Morgan fingerprint density at radius 2 is 1.81 bits per heavy atom. The second-order valence-corrected chi connectivity index (χ2v) is 7.59. The van der Waals surface area contributed by atoms with E-state index in [1.54, 1.807) is 6.92 Å². The third-order valence-corrected chi connectivity index (χ3v) is 5.20. The molecule has 0 aromatic heterocycles. The number of nitrogens with zero attached hydrogens (tertiary/aromatic N) is 1. The van der Waals surface area contributed by atoms with E-state index in [1.165, 1.54) is 18.5 Å². The summed E-state index contributed by atoms with van der Waals surface area (Å²) in [5.74, 6) is 1.34. The molecular weight excluding hydrogens is 336 g/mol. The second kappa shape index (κ2) is 8.94. The molecular formula is C23H30N2O2. The van der Waals surface area contributed by atoms with Gasteiger partial charge in [0.25, 0.3) is 5.91 Å². The molecule has 2 aromatic rings. The zero-order valence-electron chi connectivity index (χ0n) is 16.5. The first-order valence-corrected chi connectivity index (χ1v) is 9.90. The summed E-state index contributed by atoms with van der Waals surface area (Å²) in [6.45, 7) is 8.35. The minimum absolute atomic E-state index is 0.0614. The maximum absolute atomic E-state index is 12.4. The van der Waals surface area contributed by atoms with Gasteiger partial charge in [0.05, 0.1) is 6.04 Å². The van der Waals surface area contributed by atoms with E-state index in [-0.39, 0.29) is 11.9 Å². The summed E-state index contributed by atoms with van der Waals surface area (Å²) in [6, 6.07) is 17.9. The van der Waals surface area contributed by atoms with Crippen LogP contribution in [0.5, 0.6) is 5.75 Å². The highest BCUT2D eigenvalue weighted by atomic mass is 16.5. The predicted molar refractivity (Wildman–Crippen MR) is 110 cm³/mol. The summed E-state index contributed by atoms with van der Waals surface area (Å²) in [5, 5.41) is 3.04. The molecule has 1 aliphatic rings. The van der Waals surface area contributed by atoms with E-state index in [1.807, 2.05) is 37.3 Å². The average Bonchev–Trinajstić information content (AvgIpc) is 2.69. The van der Waals surface area contributed by atoms with Crippen molar-refractivity contribution in [1.29, 1.82) is 0 Å². The second-order valence-electron chi connectivity index (χ2n) is 7.59. The van der Waals surface area contributed by atoms with Crippen LogP contribution in [0.1, 0.15) is 45.2 Å². The Bertz CT molecular complexity index is 730. The smallest absolute Gasteiger partial charge is 0.261 e. The van der Waals surface area contributed by atoms with Gasteiger partial charge in [-0.25, -0.2) is 0 Å². The molecule has 3 unspecified atom stereocenters. The predicted octanol–water partition coefficient (Wildman–Crippen LogP) is 4.57. The minimum Gasteiger partial charge on any atom is -0.481 e. The van der Waals surface area contributed by atoms with Crippen LogP contribution >= 0.6 is 0 Å². The lowest BCUT2D eigenvalue weighted by Gasteiger charge is -2.33. The fraction of sp³-hybridized carbons (Fsp3) is 0.435. The van der Waals surface area contributed by atoms with Crippen LogP contribution in [0.2, 0.25) is 0 Å². The van der Waals surface area contributed by atoms with Crippen molar-refractivity contribution in [2.24, 2.45) is 5.92 Å². The van der Waals surface area contributed by atoms with Crippen molar-refractivity contribution in [2.75, 3.05) is 18.0 Å². The molecule has 144 valence electrons. The lowest BCUT2D eigenvalue weighted by Crippen LogP contribution is -2.37. The Kier molecular flexibility index (Phi) is 6.38. The van der Waals surface area contributed by atoms with E-state index >= 15 is 0 Å². The van der Waals surface area contributed by atoms with E-state index in [0.29, 0.717) is 5.75 Å². The third kappa shape index (κ3) is 5.25. The Morgan fingerprint density at radius 3 is 2.48 bits per heavy atom. The fourth-order valence-corrected chi connectivity index (χ4v) is 3.57. The van der Waals surface area contributed by atoms with Crippen molar-refractivity contribution in [1.82, 2.24) is 5.32 Å². The fourth-order valence-electron chi connectivity index (χ4n) is 3.57. The van der Waals surface area contributed by atoms with Crippen molar-refractivity contribution in [3.05, 3.63) is 60.2 Å². The number of carbonyl (C=O) groups excluding carboxylic acids is 1. The third-order valence-electron chi connectivity index (χ3n) is 5.20. The number of rotatable bonds is 6. The molecule has 0 saturated carbocycles. The molecule has 1 aliphatic heterocycles. The number of piperidine rings is 1. The molecule has 0 bridgehead atoms. The molecule has 1 heterocycles. The molecule has 0 aliphatic carbocycles. The van der Waals surface area contributed by atoms with E-state index < -0.39 is 6.10 Å². The van der Waals surface area contributed by atoms with E-state index in [4.69, 9.17) is 4.74 Å². The van der Waals surface area contributed by atoms with Gasteiger partial charge in [0, 0.05) is 18.8 Å². The van der Waals surface area contributed by atoms with Crippen LogP contribution in [0.25, 0.3) is 0 Å². The van der Waals surface area contributed by atoms with Crippen molar-refractivity contribution in [3.8, 4) is 5.75 Å². The van der Waals surface area contributed by atoms with E-state index in [0.717, 1.165) is 24.6 Å². The summed E-state index contributed by atoms with van der Waals surface area (Å²) in [5.41, 5.74) is 2.37. The number of anilines is 1. The van der Waals surface area contributed by atoms with Gasteiger partial charge in [-0.1, -0.05) is 37.3 Å². The monoisotopic (exact) mass is 366 g/mol. The number of nitrogens with one attached hydrogen (secondary N) is 1. The largest absolute Gasteiger partial charge is 0.481 e. The van der Waals surface area contributed by atoms with Crippen LogP contribution in [0.4, 0.5) is 5.69 Å². The van der Waals surface area contributed by atoms with E-state index in [9.17, 15) is 4.79 Å². The van der Waals surface area contributed by atoms with Crippen molar-refractivity contribution in [3.63, 3.8) is 0 Å². The first kappa shape index (κ1) is 19.3. The highest BCUT2D eigenvalue weighted by Gasteiger charge is 2.19. The van der Waals surface area contributed by atoms with Gasteiger partial charge >= 0.3 is 0 Å². The van der Waals surface area contributed by atoms with Crippen molar-refractivity contribution in [2.45, 2.75) is 45.8 Å². The molecule has 0 spiro atoms. The molecule has 1 saturated heterocycles. The average molecular weight is 367 g/mol. The molecule has 1 amide bonds. The normalized spacial score (nSPS) is 19.2. The summed E-state index contributed by atoms with van der Waals surface area (Å²) >= 11 is 0. The summed E-state index contributed by atoms with van der Waals surface area (Å²) in [4.78, 5) is 14.9. The van der Waals surface area contributed by atoms with Crippen LogP contribution in [-0.2, 0) is 4.79 Å². The molecule has 3 atom stereocenters. The number of benzene rings is 2. The van der Waals surface area contributed by atoms with Crippen molar-refractivity contribution >= 4 is 11.6 Å². The van der Waals surface area contributed by atoms with Crippen LogP contribution in [0.3, 0.4) is 0 Å². The highest BCUT2D eigenvalue weighted by Crippen LogP contribution is 2.24. The number of ether oxygens (including phenoxy) is 1. The molecule has 1 fully saturated rings. The molecule has 0 radical (unpaired) electrons. The Morgan fingerprint density at radius 1 is 1.11 bits per heavy atom. The lowest BCUT2D eigenvalue weighted by molar-refractivity contribution is -0.127. The number of carbonyl (C=O) groups is 1. The van der Waals surface area contributed by atoms with Crippen LogP contribution < -0.4 is 15.0 Å². The number of amides is 1. The summed E-state index contributed by atoms with van der Waals surface area (Å²) in [7, 11) is 0. The number of hydrogen-bond donors (Lipinski definition) is 1. The molecule has 27 heavy (non-hydrogen) atoms. The molecule has 3 rings (SSSR count). The first-order valence-electron chi connectivity index (χ1n) is 9.90. The highest BCUT2D eigenvalue weighted by molar-refractivity contribution is 5.81. The maximum Gasteiger partial charge on any atom is 0.261 e. The summed E-state index contributed by atoms with van der Waals surface area (Å²) in [6.07, 6.45) is 2.04. The van der Waals surface area contributed by atoms with Gasteiger partial charge in [0.2, 0.25) is 0 Å². The van der Waals surface area contributed by atoms with Gasteiger partial charge in [-0.3, -0.25) is 4.79 Å². The van der Waals surface area contributed by atoms with Gasteiger partial charge in [-0.05, 0) is 62.4 Å². The molecule has 2 aromatic carbocycles. The molecule has 4 heteroatoms. The zero-order valence-corrected chi connectivity index (χ0v) is 16.5. The van der Waals surface area contributed by atoms with Gasteiger partial charge in [0.15, 0.2) is 6.10 Å². The number of para-hydroxylation sites is 1. The van der Waals surface area contributed by atoms with Crippen molar-refractivity contribution < 1.29 is 9.53 Å². The van der Waals surface area contributed by atoms with Gasteiger partial charge in [-0.15, -0.1) is 0 Å². The Labute approximate surface area is 162 Å². The van der Waals surface area contributed by atoms with Gasteiger partial charge < -0.3 is 15.0 Å². The molecule has 4 nitrogen and oxygen atoms in total. The first-order chi connectivity index (χ1) is 13.0. The molecule has 1 N–H and O–H groups in total. The van der Waals surface area contributed by atoms with Gasteiger partial charge in [0.1, 0.15) is 5.75 Å². The summed E-state index contributed by atoms with van der Waals surface area (Å²) < 4.78 is 5.70.